The number of nitriles is 1. The molecule has 0 aliphatic rings. The van der Waals surface area contributed by atoms with Gasteiger partial charge in [0.2, 0.25) is 0 Å². The van der Waals surface area contributed by atoms with Crippen LogP contribution in [0.5, 0.6) is 0 Å². The second-order valence-electron chi connectivity index (χ2n) is 4.04. The highest BCUT2D eigenvalue weighted by atomic mass is 16.5. The summed E-state index contributed by atoms with van der Waals surface area (Å²) >= 11 is 0. The summed E-state index contributed by atoms with van der Waals surface area (Å²) in [5.41, 5.74) is 1.29. The Bertz CT molecular complexity index is 341. The smallest absolute Gasteiger partial charge is 0.0621 e. The van der Waals surface area contributed by atoms with Gasteiger partial charge in [-0.1, -0.05) is 0 Å². The van der Waals surface area contributed by atoms with E-state index in [9.17, 15) is 0 Å². The summed E-state index contributed by atoms with van der Waals surface area (Å²) in [6.07, 6.45) is 6.97. The van der Waals surface area contributed by atoms with Gasteiger partial charge in [0, 0.05) is 45.6 Å². The van der Waals surface area contributed by atoms with E-state index in [4.69, 9.17) is 10.00 Å². The van der Waals surface area contributed by atoms with Crippen molar-refractivity contribution in [2.45, 2.75) is 32.4 Å². The molecule has 0 amide bonds. The molecule has 0 unspecified atom stereocenters. The lowest BCUT2D eigenvalue weighted by Gasteiger charge is -2.02. The Labute approximate surface area is 103 Å². The van der Waals surface area contributed by atoms with Crippen LogP contribution in [-0.4, -0.2) is 24.8 Å². The first-order valence-corrected chi connectivity index (χ1v) is 6.08. The number of aryl methyl sites for hydroxylation is 1. The molecule has 0 aliphatic carbocycles. The zero-order valence-corrected chi connectivity index (χ0v) is 10.5. The molecule has 0 spiro atoms. The molecule has 1 aromatic rings. The van der Waals surface area contributed by atoms with Gasteiger partial charge in [-0.15, -0.1) is 0 Å². The summed E-state index contributed by atoms with van der Waals surface area (Å²) in [6, 6.07) is 4.30. The summed E-state index contributed by atoms with van der Waals surface area (Å²) in [7, 11) is 1.71. The zero-order valence-electron chi connectivity index (χ0n) is 10.5. The molecular formula is C13H21N3O. The highest BCUT2D eigenvalue weighted by molar-refractivity contribution is 5.09. The third-order valence-electron chi connectivity index (χ3n) is 2.58. The Morgan fingerprint density at radius 1 is 1.47 bits per heavy atom. The van der Waals surface area contributed by atoms with Crippen molar-refractivity contribution in [3.8, 4) is 6.07 Å². The number of nitrogens with zero attached hydrogens (tertiary/aromatic N) is 2. The second kappa shape index (κ2) is 8.80. The Morgan fingerprint density at radius 3 is 3.12 bits per heavy atom. The lowest BCUT2D eigenvalue weighted by Crippen LogP contribution is -2.18. The first kappa shape index (κ1) is 13.8. The number of nitrogens with one attached hydrogen (secondary N) is 1. The largest absolute Gasteiger partial charge is 0.383 e. The van der Waals surface area contributed by atoms with Crippen molar-refractivity contribution in [2.75, 3.05) is 20.3 Å². The van der Waals surface area contributed by atoms with Gasteiger partial charge < -0.3 is 14.6 Å². The molecule has 17 heavy (non-hydrogen) atoms. The van der Waals surface area contributed by atoms with Crippen LogP contribution < -0.4 is 5.32 Å². The molecule has 0 radical (unpaired) electrons. The zero-order chi connectivity index (χ0) is 12.3. The molecule has 1 aromatic heterocycles. The molecule has 0 aromatic carbocycles. The molecule has 0 bridgehead atoms. The molecule has 1 N–H and O–H groups in total. The van der Waals surface area contributed by atoms with E-state index in [1.165, 1.54) is 5.56 Å². The fourth-order valence-corrected chi connectivity index (χ4v) is 1.64. The average molecular weight is 235 g/mol. The number of aromatic nitrogens is 1. The maximum absolute atomic E-state index is 8.43. The summed E-state index contributed by atoms with van der Waals surface area (Å²) in [5, 5.41) is 11.7. The quantitative estimate of drug-likeness (QED) is 0.665. The predicted molar refractivity (Wildman–Crippen MR) is 67.5 cm³/mol. The fourth-order valence-electron chi connectivity index (χ4n) is 1.64. The van der Waals surface area contributed by atoms with Crippen LogP contribution in [0.2, 0.25) is 0 Å². The molecule has 0 aliphatic heterocycles. The van der Waals surface area contributed by atoms with Gasteiger partial charge in [-0.3, -0.25) is 0 Å². The molecule has 94 valence electrons. The minimum Gasteiger partial charge on any atom is -0.383 e. The van der Waals surface area contributed by atoms with Crippen molar-refractivity contribution in [1.82, 2.24) is 9.88 Å². The van der Waals surface area contributed by atoms with Gasteiger partial charge in [0.05, 0.1) is 12.7 Å². The number of hydrogen-bond donors (Lipinski definition) is 1. The topological polar surface area (TPSA) is 50.0 Å². The summed E-state index contributed by atoms with van der Waals surface area (Å²) in [6.45, 7) is 3.51. The Morgan fingerprint density at radius 2 is 2.35 bits per heavy atom. The number of ether oxygens (including phenoxy) is 1. The maximum atomic E-state index is 8.43. The number of rotatable bonds is 9. The van der Waals surface area contributed by atoms with Crippen LogP contribution in [0, 0.1) is 11.3 Å². The van der Waals surface area contributed by atoms with Crippen molar-refractivity contribution in [1.29, 1.82) is 5.26 Å². The van der Waals surface area contributed by atoms with Crippen molar-refractivity contribution in [3.05, 3.63) is 24.0 Å². The van der Waals surface area contributed by atoms with E-state index in [2.05, 4.69) is 34.4 Å². The van der Waals surface area contributed by atoms with Gasteiger partial charge in [-0.25, -0.2) is 0 Å². The van der Waals surface area contributed by atoms with E-state index in [0.717, 1.165) is 39.1 Å². The second-order valence-corrected chi connectivity index (χ2v) is 4.04. The van der Waals surface area contributed by atoms with Gasteiger partial charge in [0.1, 0.15) is 0 Å². The van der Waals surface area contributed by atoms with Crippen LogP contribution >= 0.6 is 0 Å². The highest BCUT2D eigenvalue weighted by Crippen LogP contribution is 2.04. The standard InChI is InChI=1S/C13H21N3O/c1-17-10-7-15-11-13-5-9-16(12-13)8-4-2-3-6-14/h5,9,12,15H,2-4,7-8,10-11H2,1H3. The minimum absolute atomic E-state index is 0.659. The molecule has 0 atom stereocenters. The first-order valence-electron chi connectivity index (χ1n) is 6.08. The number of unbranched alkanes of at least 4 members (excludes halogenated alkanes) is 2. The van der Waals surface area contributed by atoms with Crippen LogP contribution in [0.25, 0.3) is 0 Å². The first-order chi connectivity index (χ1) is 8.36. The van der Waals surface area contributed by atoms with E-state index < -0.39 is 0 Å². The van der Waals surface area contributed by atoms with Crippen LogP contribution in [0.1, 0.15) is 24.8 Å². The lowest BCUT2D eigenvalue weighted by atomic mass is 10.2. The molecule has 4 nitrogen and oxygen atoms in total. The van der Waals surface area contributed by atoms with Gasteiger partial charge in [0.15, 0.2) is 0 Å². The molecule has 0 saturated heterocycles. The molecule has 0 saturated carbocycles. The summed E-state index contributed by atoms with van der Waals surface area (Å²) in [4.78, 5) is 0. The van der Waals surface area contributed by atoms with Crippen molar-refractivity contribution in [2.24, 2.45) is 0 Å². The average Bonchev–Trinajstić information content (AvgIpc) is 2.78. The fraction of sp³-hybridized carbons (Fsp3) is 0.615. The summed E-state index contributed by atoms with van der Waals surface area (Å²) in [5.74, 6) is 0. The lowest BCUT2D eigenvalue weighted by molar-refractivity contribution is 0.199. The van der Waals surface area contributed by atoms with Crippen molar-refractivity contribution in [3.63, 3.8) is 0 Å². The van der Waals surface area contributed by atoms with E-state index in [-0.39, 0.29) is 0 Å². The van der Waals surface area contributed by atoms with Gasteiger partial charge in [-0.05, 0) is 24.5 Å². The van der Waals surface area contributed by atoms with E-state index in [1.807, 2.05) is 0 Å². The minimum atomic E-state index is 0.659. The van der Waals surface area contributed by atoms with Crippen LogP contribution in [0.15, 0.2) is 18.5 Å². The third-order valence-corrected chi connectivity index (χ3v) is 2.58. The number of methoxy groups -OCH3 is 1. The van der Waals surface area contributed by atoms with Crippen LogP contribution in [0.3, 0.4) is 0 Å². The molecule has 1 rings (SSSR count). The van der Waals surface area contributed by atoms with Crippen LogP contribution in [-0.2, 0) is 17.8 Å². The monoisotopic (exact) mass is 235 g/mol. The third kappa shape index (κ3) is 6.10. The van der Waals surface area contributed by atoms with Crippen LogP contribution in [0.4, 0.5) is 0 Å². The molecule has 0 fully saturated rings. The SMILES string of the molecule is COCCNCc1ccn(CCCCC#N)c1. The van der Waals surface area contributed by atoms with Gasteiger partial charge in [-0.2, -0.15) is 5.26 Å². The molecule has 4 heteroatoms. The normalized spacial score (nSPS) is 10.4. The van der Waals surface area contributed by atoms with E-state index in [1.54, 1.807) is 7.11 Å². The Balaban J connectivity index is 2.16. The Hall–Kier alpha value is -1.31. The summed E-state index contributed by atoms with van der Waals surface area (Å²) < 4.78 is 7.15. The van der Waals surface area contributed by atoms with Gasteiger partial charge in [0.25, 0.3) is 0 Å². The number of hydrogen-bond acceptors (Lipinski definition) is 3. The highest BCUT2D eigenvalue weighted by Gasteiger charge is 1.96. The predicted octanol–water partition coefficient (Wildman–Crippen LogP) is 1.92. The van der Waals surface area contributed by atoms with Gasteiger partial charge >= 0.3 is 0 Å². The van der Waals surface area contributed by atoms with Crippen molar-refractivity contribution < 1.29 is 4.74 Å². The molecule has 1 heterocycles. The van der Waals surface area contributed by atoms with Crippen molar-refractivity contribution >= 4 is 0 Å². The van der Waals surface area contributed by atoms with E-state index in [0.29, 0.717) is 6.42 Å². The molecular weight excluding hydrogens is 214 g/mol. The Kier molecular flexibility index (Phi) is 7.12. The maximum Gasteiger partial charge on any atom is 0.0621 e. The van der Waals surface area contributed by atoms with E-state index >= 15 is 0 Å².